The van der Waals surface area contributed by atoms with Gasteiger partial charge in [0.25, 0.3) is 0 Å². The van der Waals surface area contributed by atoms with Crippen molar-refractivity contribution in [3.8, 4) is 0 Å². The number of likely N-dealkylation sites (tertiary alicyclic amines) is 1. The van der Waals surface area contributed by atoms with Crippen LogP contribution < -0.4 is 0 Å². The molecule has 0 radical (unpaired) electrons. The molecule has 1 fully saturated rings. The highest BCUT2D eigenvalue weighted by molar-refractivity contribution is 4.97. The van der Waals surface area contributed by atoms with Crippen molar-refractivity contribution in [2.75, 3.05) is 32.7 Å². The number of nitrogens with zero attached hydrogens (tertiary/aromatic N) is 2. The van der Waals surface area contributed by atoms with E-state index >= 15 is 0 Å². The monoisotopic (exact) mass is 252 g/mol. The van der Waals surface area contributed by atoms with Gasteiger partial charge >= 0.3 is 0 Å². The summed E-state index contributed by atoms with van der Waals surface area (Å²) < 4.78 is 0. The van der Waals surface area contributed by atoms with Crippen molar-refractivity contribution in [1.29, 1.82) is 0 Å². The highest BCUT2D eigenvalue weighted by Gasteiger charge is 2.14. The van der Waals surface area contributed by atoms with Crippen molar-refractivity contribution in [3.63, 3.8) is 0 Å². The van der Waals surface area contributed by atoms with E-state index in [1.54, 1.807) is 0 Å². The van der Waals surface area contributed by atoms with Gasteiger partial charge in [-0.05, 0) is 44.7 Å². The first-order chi connectivity index (χ1) is 8.63. The normalized spacial score (nSPS) is 17.1. The standard InChI is InChI=1S/C16H32N2/c1-5-10-18(13-9-15(2)3)16(4)14-17-11-7-6-8-12-17/h15H,4-14H2,1-3H3. The molecule has 2 heteroatoms. The lowest BCUT2D eigenvalue weighted by Crippen LogP contribution is -2.36. The van der Waals surface area contributed by atoms with Gasteiger partial charge in [0.05, 0.1) is 0 Å². The van der Waals surface area contributed by atoms with Crippen LogP contribution in [0.4, 0.5) is 0 Å². The second-order valence-electron chi connectivity index (χ2n) is 6.07. The highest BCUT2D eigenvalue weighted by Crippen LogP contribution is 2.14. The third-order valence-electron chi connectivity index (χ3n) is 3.77. The summed E-state index contributed by atoms with van der Waals surface area (Å²) in [7, 11) is 0. The summed E-state index contributed by atoms with van der Waals surface area (Å²) in [5, 5.41) is 0. The maximum atomic E-state index is 4.33. The third kappa shape index (κ3) is 5.90. The molecule has 0 spiro atoms. The lowest BCUT2D eigenvalue weighted by atomic mass is 10.1. The fourth-order valence-corrected chi connectivity index (χ4v) is 2.59. The topological polar surface area (TPSA) is 6.48 Å². The summed E-state index contributed by atoms with van der Waals surface area (Å²) in [6.45, 7) is 17.2. The Hall–Kier alpha value is -0.500. The molecule has 1 aliphatic rings. The van der Waals surface area contributed by atoms with Crippen LogP contribution in [0.25, 0.3) is 0 Å². The molecular weight excluding hydrogens is 220 g/mol. The fourth-order valence-electron chi connectivity index (χ4n) is 2.59. The summed E-state index contributed by atoms with van der Waals surface area (Å²) in [6, 6.07) is 0. The summed E-state index contributed by atoms with van der Waals surface area (Å²) in [4.78, 5) is 5.08. The molecule has 1 heterocycles. The minimum Gasteiger partial charge on any atom is -0.374 e. The zero-order valence-electron chi connectivity index (χ0n) is 12.7. The lowest BCUT2D eigenvalue weighted by Gasteiger charge is -2.33. The van der Waals surface area contributed by atoms with Crippen LogP contribution in [0.5, 0.6) is 0 Å². The molecule has 0 unspecified atom stereocenters. The van der Waals surface area contributed by atoms with Gasteiger partial charge < -0.3 is 4.90 Å². The average Bonchev–Trinajstić information content (AvgIpc) is 2.35. The first-order valence-corrected chi connectivity index (χ1v) is 7.78. The Morgan fingerprint density at radius 3 is 2.39 bits per heavy atom. The van der Waals surface area contributed by atoms with Crippen molar-refractivity contribution >= 4 is 0 Å². The molecule has 1 aliphatic heterocycles. The molecule has 0 saturated carbocycles. The van der Waals surface area contributed by atoms with E-state index in [2.05, 4.69) is 37.1 Å². The van der Waals surface area contributed by atoms with Crippen molar-refractivity contribution in [2.24, 2.45) is 5.92 Å². The summed E-state index contributed by atoms with van der Waals surface area (Å²) in [6.07, 6.45) is 6.64. The predicted octanol–water partition coefficient (Wildman–Crippen LogP) is 3.74. The van der Waals surface area contributed by atoms with Crippen LogP contribution in [0.3, 0.4) is 0 Å². The highest BCUT2D eigenvalue weighted by atomic mass is 15.2. The number of rotatable bonds is 8. The van der Waals surface area contributed by atoms with Crippen LogP contribution in [0.15, 0.2) is 12.3 Å². The summed E-state index contributed by atoms with van der Waals surface area (Å²) in [5.74, 6) is 0.784. The van der Waals surface area contributed by atoms with Gasteiger partial charge in [-0.25, -0.2) is 0 Å². The Bertz CT molecular complexity index is 229. The van der Waals surface area contributed by atoms with Gasteiger partial charge in [0.1, 0.15) is 0 Å². The van der Waals surface area contributed by atoms with E-state index in [0.717, 1.165) is 12.5 Å². The minimum atomic E-state index is 0.784. The molecule has 0 aromatic rings. The Morgan fingerprint density at radius 1 is 1.17 bits per heavy atom. The largest absolute Gasteiger partial charge is 0.374 e. The molecular formula is C16H32N2. The van der Waals surface area contributed by atoms with E-state index in [1.807, 2.05) is 0 Å². The number of piperidine rings is 1. The molecule has 1 saturated heterocycles. The minimum absolute atomic E-state index is 0.784. The van der Waals surface area contributed by atoms with E-state index < -0.39 is 0 Å². The molecule has 0 bridgehead atoms. The molecule has 0 amide bonds. The van der Waals surface area contributed by atoms with Crippen LogP contribution in [-0.4, -0.2) is 42.5 Å². The van der Waals surface area contributed by atoms with E-state index in [-0.39, 0.29) is 0 Å². The van der Waals surface area contributed by atoms with E-state index in [1.165, 1.54) is 64.0 Å². The first kappa shape index (κ1) is 15.6. The number of hydrogen-bond donors (Lipinski definition) is 0. The van der Waals surface area contributed by atoms with Gasteiger partial charge in [-0.1, -0.05) is 33.8 Å². The smallest absolute Gasteiger partial charge is 0.0377 e. The second kappa shape index (κ2) is 8.58. The van der Waals surface area contributed by atoms with Gasteiger partial charge in [0, 0.05) is 25.3 Å². The molecule has 0 atom stereocenters. The summed E-state index contributed by atoms with van der Waals surface area (Å²) >= 11 is 0. The molecule has 18 heavy (non-hydrogen) atoms. The predicted molar refractivity (Wildman–Crippen MR) is 80.8 cm³/mol. The second-order valence-corrected chi connectivity index (χ2v) is 6.07. The molecule has 0 aliphatic carbocycles. The zero-order chi connectivity index (χ0) is 13.4. The van der Waals surface area contributed by atoms with Crippen LogP contribution in [0.2, 0.25) is 0 Å². The SMILES string of the molecule is C=C(CN1CCCCC1)N(CCC)CCC(C)C. The third-order valence-corrected chi connectivity index (χ3v) is 3.77. The van der Waals surface area contributed by atoms with Gasteiger partial charge in [-0.2, -0.15) is 0 Å². The van der Waals surface area contributed by atoms with Crippen LogP contribution in [0, 0.1) is 5.92 Å². The van der Waals surface area contributed by atoms with E-state index in [4.69, 9.17) is 0 Å². The maximum absolute atomic E-state index is 4.33. The first-order valence-electron chi connectivity index (χ1n) is 7.78. The quantitative estimate of drug-likeness (QED) is 0.649. The van der Waals surface area contributed by atoms with Crippen LogP contribution in [0.1, 0.15) is 52.9 Å². The molecule has 106 valence electrons. The van der Waals surface area contributed by atoms with Crippen molar-refractivity contribution in [1.82, 2.24) is 9.80 Å². The zero-order valence-corrected chi connectivity index (χ0v) is 12.7. The Kier molecular flexibility index (Phi) is 7.41. The van der Waals surface area contributed by atoms with Gasteiger partial charge in [0.15, 0.2) is 0 Å². The average molecular weight is 252 g/mol. The molecule has 0 N–H and O–H groups in total. The van der Waals surface area contributed by atoms with Gasteiger partial charge in [-0.15, -0.1) is 0 Å². The molecule has 2 nitrogen and oxygen atoms in total. The van der Waals surface area contributed by atoms with E-state index in [0.29, 0.717) is 0 Å². The number of hydrogen-bond acceptors (Lipinski definition) is 2. The van der Waals surface area contributed by atoms with E-state index in [9.17, 15) is 0 Å². The Balaban J connectivity index is 2.37. The van der Waals surface area contributed by atoms with Crippen molar-refractivity contribution in [3.05, 3.63) is 12.3 Å². The maximum Gasteiger partial charge on any atom is 0.0377 e. The fraction of sp³-hybridized carbons (Fsp3) is 0.875. The lowest BCUT2D eigenvalue weighted by molar-refractivity contribution is 0.214. The van der Waals surface area contributed by atoms with Crippen molar-refractivity contribution in [2.45, 2.75) is 52.9 Å². The van der Waals surface area contributed by atoms with Crippen LogP contribution >= 0.6 is 0 Å². The van der Waals surface area contributed by atoms with Gasteiger partial charge in [-0.3, -0.25) is 4.90 Å². The van der Waals surface area contributed by atoms with Crippen LogP contribution in [-0.2, 0) is 0 Å². The molecule has 0 aromatic carbocycles. The Morgan fingerprint density at radius 2 is 1.83 bits per heavy atom. The van der Waals surface area contributed by atoms with Crippen molar-refractivity contribution < 1.29 is 0 Å². The molecule has 0 aromatic heterocycles. The van der Waals surface area contributed by atoms with Gasteiger partial charge in [0.2, 0.25) is 0 Å². The Labute approximate surface area is 114 Å². The molecule has 1 rings (SSSR count). The summed E-state index contributed by atoms with van der Waals surface area (Å²) in [5.41, 5.74) is 1.33.